The quantitative estimate of drug-likeness (QED) is 0.724. The van der Waals surface area contributed by atoms with Gasteiger partial charge in [-0.2, -0.15) is 0 Å². The standard InChI is InChI=1S/C8H6ClN3O2/c1-14-8(13)7-6-5(11-3-12-7)4(9)2-10-6/h2-3,10H,1H3. The highest BCUT2D eigenvalue weighted by Crippen LogP contribution is 2.21. The van der Waals surface area contributed by atoms with E-state index in [-0.39, 0.29) is 5.69 Å². The molecule has 6 heteroatoms. The Morgan fingerprint density at radius 1 is 1.57 bits per heavy atom. The number of aromatic nitrogens is 3. The van der Waals surface area contributed by atoms with Crippen molar-refractivity contribution in [2.24, 2.45) is 0 Å². The number of esters is 1. The van der Waals surface area contributed by atoms with Gasteiger partial charge in [-0.25, -0.2) is 14.8 Å². The van der Waals surface area contributed by atoms with E-state index in [1.807, 2.05) is 0 Å². The van der Waals surface area contributed by atoms with Crippen LogP contribution in [0.2, 0.25) is 5.02 Å². The van der Waals surface area contributed by atoms with Crippen LogP contribution in [0.1, 0.15) is 10.5 Å². The van der Waals surface area contributed by atoms with E-state index in [0.717, 1.165) is 0 Å². The van der Waals surface area contributed by atoms with Crippen molar-refractivity contribution in [3.63, 3.8) is 0 Å². The minimum absolute atomic E-state index is 0.185. The second-order valence-electron chi connectivity index (χ2n) is 2.57. The van der Waals surface area contributed by atoms with Crippen molar-refractivity contribution < 1.29 is 9.53 Å². The minimum Gasteiger partial charge on any atom is -0.464 e. The van der Waals surface area contributed by atoms with E-state index in [0.29, 0.717) is 16.1 Å². The van der Waals surface area contributed by atoms with E-state index < -0.39 is 5.97 Å². The van der Waals surface area contributed by atoms with Crippen molar-refractivity contribution in [3.05, 3.63) is 23.2 Å². The molecule has 14 heavy (non-hydrogen) atoms. The number of halogens is 1. The molecule has 72 valence electrons. The molecule has 0 aliphatic rings. The molecular formula is C8H6ClN3O2. The maximum atomic E-state index is 11.3. The van der Waals surface area contributed by atoms with E-state index in [1.165, 1.54) is 13.4 Å². The SMILES string of the molecule is COC(=O)c1ncnc2c(Cl)c[nH]c12. The number of nitrogens with one attached hydrogen (secondary N) is 1. The summed E-state index contributed by atoms with van der Waals surface area (Å²) in [6.07, 6.45) is 2.82. The molecule has 0 radical (unpaired) electrons. The van der Waals surface area contributed by atoms with E-state index in [1.54, 1.807) is 6.20 Å². The molecule has 0 aliphatic heterocycles. The predicted molar refractivity (Wildman–Crippen MR) is 50.2 cm³/mol. The molecule has 0 aromatic carbocycles. The Morgan fingerprint density at radius 2 is 2.36 bits per heavy atom. The van der Waals surface area contributed by atoms with Gasteiger partial charge in [0.1, 0.15) is 11.8 Å². The summed E-state index contributed by atoms with van der Waals surface area (Å²) in [5, 5.41) is 0.451. The van der Waals surface area contributed by atoms with Crippen molar-refractivity contribution in [2.45, 2.75) is 0 Å². The Hall–Kier alpha value is -1.62. The summed E-state index contributed by atoms with van der Waals surface area (Å²) in [5.41, 5.74) is 1.19. The van der Waals surface area contributed by atoms with Gasteiger partial charge in [0.2, 0.25) is 0 Å². The van der Waals surface area contributed by atoms with Gasteiger partial charge in [-0.15, -0.1) is 0 Å². The maximum absolute atomic E-state index is 11.3. The Balaban J connectivity index is 2.71. The first-order chi connectivity index (χ1) is 6.74. The minimum atomic E-state index is -0.518. The summed E-state index contributed by atoms with van der Waals surface area (Å²) in [7, 11) is 1.29. The first-order valence-corrected chi connectivity index (χ1v) is 4.17. The number of nitrogens with zero attached hydrogens (tertiary/aromatic N) is 2. The van der Waals surface area contributed by atoms with Crippen LogP contribution in [0.15, 0.2) is 12.5 Å². The zero-order chi connectivity index (χ0) is 10.1. The molecule has 0 atom stereocenters. The first kappa shape index (κ1) is 8.96. The molecule has 0 bridgehead atoms. The van der Waals surface area contributed by atoms with Crippen molar-refractivity contribution in [1.29, 1.82) is 0 Å². The van der Waals surface area contributed by atoms with Gasteiger partial charge in [0.05, 0.1) is 17.6 Å². The van der Waals surface area contributed by atoms with Crippen LogP contribution in [0.25, 0.3) is 11.0 Å². The van der Waals surface area contributed by atoms with Crippen LogP contribution < -0.4 is 0 Å². The highest BCUT2D eigenvalue weighted by Gasteiger charge is 2.15. The van der Waals surface area contributed by atoms with Gasteiger partial charge in [-0.05, 0) is 0 Å². The number of fused-ring (bicyclic) bond motifs is 1. The second-order valence-corrected chi connectivity index (χ2v) is 2.98. The Kier molecular flexibility index (Phi) is 2.09. The molecule has 0 saturated carbocycles. The molecule has 0 saturated heterocycles. The topological polar surface area (TPSA) is 67.9 Å². The third kappa shape index (κ3) is 1.22. The Morgan fingerprint density at radius 3 is 3.07 bits per heavy atom. The smallest absolute Gasteiger partial charge is 0.358 e. The fourth-order valence-electron chi connectivity index (χ4n) is 1.16. The second kappa shape index (κ2) is 3.26. The van der Waals surface area contributed by atoms with E-state index in [9.17, 15) is 4.79 Å². The largest absolute Gasteiger partial charge is 0.464 e. The van der Waals surface area contributed by atoms with Gasteiger partial charge in [0.25, 0.3) is 0 Å². The maximum Gasteiger partial charge on any atom is 0.358 e. The molecule has 0 aliphatic carbocycles. The van der Waals surface area contributed by atoms with Crippen LogP contribution >= 0.6 is 11.6 Å². The molecule has 2 heterocycles. The average Bonchev–Trinajstić information content (AvgIpc) is 2.59. The third-order valence-electron chi connectivity index (χ3n) is 1.80. The molecule has 0 fully saturated rings. The van der Waals surface area contributed by atoms with Gasteiger partial charge in [-0.3, -0.25) is 0 Å². The molecule has 2 rings (SSSR count). The summed E-state index contributed by atoms with van der Waals surface area (Å²) in [6, 6.07) is 0. The number of carbonyl (C=O) groups is 1. The van der Waals surface area contributed by atoms with Crippen molar-refractivity contribution in [1.82, 2.24) is 15.0 Å². The lowest BCUT2D eigenvalue weighted by molar-refractivity contribution is 0.0596. The van der Waals surface area contributed by atoms with Crippen LogP contribution in [0.5, 0.6) is 0 Å². The van der Waals surface area contributed by atoms with Crippen molar-refractivity contribution >= 4 is 28.6 Å². The lowest BCUT2D eigenvalue weighted by atomic mass is 10.3. The average molecular weight is 212 g/mol. The normalized spacial score (nSPS) is 10.4. The third-order valence-corrected chi connectivity index (χ3v) is 2.08. The number of methoxy groups -OCH3 is 1. The number of hydrogen-bond donors (Lipinski definition) is 1. The number of H-pyrrole nitrogens is 1. The first-order valence-electron chi connectivity index (χ1n) is 3.80. The molecule has 0 amide bonds. The highest BCUT2D eigenvalue weighted by molar-refractivity contribution is 6.35. The van der Waals surface area contributed by atoms with Crippen LogP contribution in [0, 0.1) is 0 Å². The van der Waals surface area contributed by atoms with Crippen LogP contribution in [0.3, 0.4) is 0 Å². The van der Waals surface area contributed by atoms with Crippen molar-refractivity contribution in [3.8, 4) is 0 Å². The number of ether oxygens (including phenoxy) is 1. The summed E-state index contributed by atoms with van der Waals surface area (Å²) < 4.78 is 4.56. The zero-order valence-electron chi connectivity index (χ0n) is 7.24. The van der Waals surface area contributed by atoms with Gasteiger partial charge in [-0.1, -0.05) is 11.6 Å². The van der Waals surface area contributed by atoms with Gasteiger partial charge < -0.3 is 9.72 Å². The van der Waals surface area contributed by atoms with E-state index in [2.05, 4.69) is 19.7 Å². The van der Waals surface area contributed by atoms with Crippen LogP contribution in [0.4, 0.5) is 0 Å². The van der Waals surface area contributed by atoms with E-state index in [4.69, 9.17) is 11.6 Å². The number of rotatable bonds is 1. The molecule has 5 nitrogen and oxygen atoms in total. The van der Waals surface area contributed by atoms with Gasteiger partial charge in [0.15, 0.2) is 5.69 Å². The van der Waals surface area contributed by atoms with E-state index >= 15 is 0 Å². The van der Waals surface area contributed by atoms with Gasteiger partial charge >= 0.3 is 5.97 Å². The van der Waals surface area contributed by atoms with Crippen LogP contribution in [-0.2, 0) is 4.74 Å². The number of hydrogen-bond acceptors (Lipinski definition) is 4. The molecule has 2 aromatic heterocycles. The highest BCUT2D eigenvalue weighted by atomic mass is 35.5. The van der Waals surface area contributed by atoms with Crippen LogP contribution in [-0.4, -0.2) is 28.0 Å². The monoisotopic (exact) mass is 211 g/mol. The number of aromatic amines is 1. The fourth-order valence-corrected chi connectivity index (χ4v) is 1.36. The molecule has 0 spiro atoms. The summed E-state index contributed by atoms with van der Waals surface area (Å²) in [5.74, 6) is -0.518. The fraction of sp³-hybridized carbons (Fsp3) is 0.125. The summed E-state index contributed by atoms with van der Waals surface area (Å²) in [6.45, 7) is 0. The summed E-state index contributed by atoms with van der Waals surface area (Å²) >= 11 is 5.82. The molecule has 0 unspecified atom stereocenters. The number of carbonyl (C=O) groups excluding carboxylic acids is 1. The Bertz CT molecular complexity index is 494. The summed E-state index contributed by atoms with van der Waals surface area (Å²) in [4.78, 5) is 21.8. The zero-order valence-corrected chi connectivity index (χ0v) is 8.00. The lowest BCUT2D eigenvalue weighted by Crippen LogP contribution is -2.05. The molecule has 2 aromatic rings. The van der Waals surface area contributed by atoms with Crippen molar-refractivity contribution in [2.75, 3.05) is 7.11 Å². The molecular weight excluding hydrogens is 206 g/mol. The Labute approximate surface area is 84.1 Å². The predicted octanol–water partition coefficient (Wildman–Crippen LogP) is 1.40. The molecule has 1 N–H and O–H groups in total. The lowest BCUT2D eigenvalue weighted by Gasteiger charge is -1.98. The van der Waals surface area contributed by atoms with Gasteiger partial charge in [0, 0.05) is 6.20 Å².